The van der Waals surface area contributed by atoms with Gasteiger partial charge in [-0.1, -0.05) is 11.6 Å². The molecule has 0 bridgehead atoms. The average Bonchev–Trinajstić information content (AvgIpc) is 2.95. The molecular weight excluding hydrogens is 451 g/mol. The van der Waals surface area contributed by atoms with Crippen LogP contribution in [0.5, 0.6) is 5.75 Å². The van der Waals surface area contributed by atoms with Crippen LogP contribution >= 0.6 is 27.5 Å². The summed E-state index contributed by atoms with van der Waals surface area (Å²) >= 11 is 9.03. The van der Waals surface area contributed by atoms with E-state index in [0.717, 1.165) is 12.3 Å². The summed E-state index contributed by atoms with van der Waals surface area (Å²) in [7, 11) is -4.67. The van der Waals surface area contributed by atoms with Gasteiger partial charge in [-0.3, -0.25) is 4.79 Å². The maximum atomic E-state index is 11.6. The van der Waals surface area contributed by atoms with Crippen LogP contribution in [0.25, 0.3) is 0 Å². The molecule has 1 heterocycles. The van der Waals surface area contributed by atoms with E-state index >= 15 is 0 Å². The molecule has 2 rings (SSSR count). The van der Waals surface area contributed by atoms with Crippen LogP contribution < -0.4 is 39.7 Å². The fourth-order valence-corrected chi connectivity index (χ4v) is 2.70. The molecule has 128 valence electrons. The van der Waals surface area contributed by atoms with E-state index in [0.29, 0.717) is 15.2 Å². The van der Waals surface area contributed by atoms with Crippen molar-refractivity contribution in [3.05, 3.63) is 45.6 Å². The third-order valence-electron chi connectivity index (χ3n) is 2.48. The van der Waals surface area contributed by atoms with E-state index in [9.17, 15) is 17.8 Å². The van der Waals surface area contributed by atoms with Crippen molar-refractivity contribution >= 4 is 49.8 Å². The van der Waals surface area contributed by atoms with E-state index in [1.165, 1.54) is 6.07 Å². The smallest absolute Gasteiger partial charge is 0.742 e. The third kappa shape index (κ3) is 7.10. The number of benzene rings is 1. The molecular formula is C13H9BrClN2NaO6S. The maximum Gasteiger partial charge on any atom is 1.00 e. The summed E-state index contributed by atoms with van der Waals surface area (Å²) in [5, 5.41) is 3.34. The maximum absolute atomic E-state index is 11.6. The second-order valence-corrected chi connectivity index (χ2v) is 6.87. The average molecular weight is 460 g/mol. The molecule has 25 heavy (non-hydrogen) atoms. The number of amides is 1. The van der Waals surface area contributed by atoms with Crippen LogP contribution in [0.1, 0.15) is 5.76 Å². The molecule has 0 spiro atoms. The number of hydrazone groups is 1. The summed E-state index contributed by atoms with van der Waals surface area (Å²) < 4.78 is 42.7. The summed E-state index contributed by atoms with van der Waals surface area (Å²) in [6.45, 7) is -0.310. The van der Waals surface area contributed by atoms with E-state index in [1.54, 1.807) is 18.2 Å². The van der Waals surface area contributed by atoms with Gasteiger partial charge in [0.15, 0.2) is 16.7 Å². The Kier molecular flexibility index (Phi) is 8.61. The van der Waals surface area contributed by atoms with Crippen molar-refractivity contribution in [1.82, 2.24) is 5.43 Å². The minimum atomic E-state index is -4.67. The Labute approximate surface area is 178 Å². The third-order valence-corrected chi connectivity index (χ3v) is 4.05. The van der Waals surface area contributed by atoms with Gasteiger partial charge in [0.25, 0.3) is 5.91 Å². The normalized spacial score (nSPS) is 11.2. The number of nitrogens with one attached hydrogen (secondary N) is 1. The number of furan rings is 1. The summed E-state index contributed by atoms with van der Waals surface area (Å²) in [6.07, 6.45) is 1.05. The summed E-state index contributed by atoms with van der Waals surface area (Å²) in [5.74, 6) is -0.141. The van der Waals surface area contributed by atoms with Crippen LogP contribution in [0, 0.1) is 0 Å². The molecule has 8 nitrogen and oxygen atoms in total. The first-order chi connectivity index (χ1) is 11.3. The van der Waals surface area contributed by atoms with Gasteiger partial charge in [-0.25, -0.2) is 13.8 Å². The first-order valence-electron chi connectivity index (χ1n) is 6.21. The molecule has 2 aromatic rings. The van der Waals surface area contributed by atoms with Gasteiger partial charge in [0, 0.05) is 5.02 Å². The Morgan fingerprint density at radius 2 is 2.12 bits per heavy atom. The zero-order chi connectivity index (χ0) is 17.7. The molecule has 1 aromatic carbocycles. The van der Waals surface area contributed by atoms with Gasteiger partial charge < -0.3 is 13.7 Å². The Balaban J connectivity index is 0.00000312. The van der Waals surface area contributed by atoms with Crippen molar-refractivity contribution in [3.63, 3.8) is 0 Å². The first-order valence-corrected chi connectivity index (χ1v) is 8.79. The Hall–Kier alpha value is -0.880. The van der Waals surface area contributed by atoms with Crippen LogP contribution in [-0.2, 0) is 14.9 Å². The first kappa shape index (κ1) is 22.2. The summed E-state index contributed by atoms with van der Waals surface area (Å²) in [4.78, 5) is 11.6. The second kappa shape index (κ2) is 9.72. The predicted octanol–water partition coefficient (Wildman–Crippen LogP) is -0.867. The van der Waals surface area contributed by atoms with Crippen LogP contribution in [-0.4, -0.2) is 31.7 Å². The Morgan fingerprint density at radius 3 is 2.72 bits per heavy atom. The van der Waals surface area contributed by atoms with Crippen molar-refractivity contribution in [3.8, 4) is 5.75 Å². The molecule has 0 atom stereocenters. The minimum Gasteiger partial charge on any atom is -0.742 e. The zero-order valence-electron chi connectivity index (χ0n) is 12.7. The molecule has 1 amide bonds. The van der Waals surface area contributed by atoms with E-state index in [4.69, 9.17) is 20.8 Å². The van der Waals surface area contributed by atoms with Crippen molar-refractivity contribution < 1.29 is 56.5 Å². The fraction of sp³-hybridized carbons (Fsp3) is 0.0769. The minimum absolute atomic E-state index is 0. The molecule has 0 aliphatic heterocycles. The number of hydrogen-bond donors (Lipinski definition) is 1. The molecule has 1 N–H and O–H groups in total. The number of carbonyl (C=O) groups is 1. The van der Waals surface area contributed by atoms with Gasteiger partial charge in [-0.05, 0) is 46.3 Å². The van der Waals surface area contributed by atoms with Gasteiger partial charge in [0.05, 0.1) is 10.7 Å². The topological polar surface area (TPSA) is 121 Å². The largest absolute Gasteiger partial charge is 1.00 e. The van der Waals surface area contributed by atoms with Gasteiger partial charge in [-0.15, -0.1) is 0 Å². The van der Waals surface area contributed by atoms with E-state index in [1.807, 2.05) is 0 Å². The molecule has 0 radical (unpaired) electrons. The molecule has 0 aliphatic rings. The number of hydrogen-bond acceptors (Lipinski definition) is 7. The van der Waals surface area contributed by atoms with Crippen molar-refractivity contribution in [2.75, 3.05) is 6.61 Å². The quantitative estimate of drug-likeness (QED) is 0.260. The van der Waals surface area contributed by atoms with Crippen LogP contribution in [0.4, 0.5) is 0 Å². The molecule has 1 aromatic heterocycles. The summed E-state index contributed by atoms with van der Waals surface area (Å²) in [5.41, 5.74) is 2.16. The zero-order valence-corrected chi connectivity index (χ0v) is 17.9. The second-order valence-electron chi connectivity index (χ2n) is 4.27. The van der Waals surface area contributed by atoms with E-state index < -0.39 is 21.1 Å². The number of halogens is 2. The summed E-state index contributed by atoms with van der Waals surface area (Å²) in [6, 6.07) is 7.03. The van der Waals surface area contributed by atoms with Crippen LogP contribution in [0.15, 0.2) is 49.4 Å². The van der Waals surface area contributed by atoms with Gasteiger partial charge in [0.2, 0.25) is 5.09 Å². The predicted molar refractivity (Wildman–Crippen MR) is 87.1 cm³/mol. The molecule has 12 heteroatoms. The van der Waals surface area contributed by atoms with Gasteiger partial charge in [-0.2, -0.15) is 5.10 Å². The van der Waals surface area contributed by atoms with Crippen molar-refractivity contribution in [2.45, 2.75) is 5.09 Å². The molecule has 0 unspecified atom stereocenters. The number of ether oxygens (including phenoxy) is 1. The van der Waals surface area contributed by atoms with Crippen LogP contribution in [0.3, 0.4) is 0 Å². The molecule has 0 aliphatic carbocycles. The van der Waals surface area contributed by atoms with Gasteiger partial charge in [0.1, 0.15) is 11.5 Å². The number of nitrogens with zero attached hydrogens (tertiary/aromatic N) is 1. The molecule has 0 saturated heterocycles. The Bertz CT molecular complexity index is 886. The monoisotopic (exact) mass is 458 g/mol. The molecule has 0 fully saturated rings. The van der Waals surface area contributed by atoms with E-state index in [2.05, 4.69) is 26.5 Å². The van der Waals surface area contributed by atoms with Crippen molar-refractivity contribution in [2.24, 2.45) is 5.10 Å². The standard InChI is InChI=1S/C13H10BrClN2O6S.Na/c14-10-5-8(15)1-3-11(10)22-7-12(18)17-16-6-9-2-4-13(23-9)24(19,20)21;/h1-6H,7H2,(H,17,18)(H,19,20,21);/q;+1/p-1. The SMILES string of the molecule is O=C(COc1ccc(Cl)cc1Br)NN=Cc1ccc(S(=O)(=O)[O-])o1.[Na+]. The number of carbonyl (C=O) groups excluding carboxylic acids is 1. The number of rotatable bonds is 6. The van der Waals surface area contributed by atoms with Crippen LogP contribution in [0.2, 0.25) is 5.02 Å². The van der Waals surface area contributed by atoms with Crippen molar-refractivity contribution in [1.29, 1.82) is 0 Å². The van der Waals surface area contributed by atoms with E-state index in [-0.39, 0.29) is 41.9 Å². The Morgan fingerprint density at radius 1 is 1.40 bits per heavy atom. The van der Waals surface area contributed by atoms with Gasteiger partial charge >= 0.3 is 29.6 Å². The fourth-order valence-electron chi connectivity index (χ4n) is 1.47. The molecule has 0 saturated carbocycles.